The van der Waals surface area contributed by atoms with Gasteiger partial charge in [-0.05, 0) is 44.3 Å². The number of hydrogen-bond donors (Lipinski definition) is 2. The topological polar surface area (TPSA) is 55.8 Å². The molecule has 1 aromatic carbocycles. The van der Waals surface area contributed by atoms with Crippen molar-refractivity contribution >= 4 is 31.8 Å². The molecule has 1 saturated heterocycles. The molecule has 0 bridgehead atoms. The van der Waals surface area contributed by atoms with E-state index in [0.717, 1.165) is 16.6 Å². The van der Waals surface area contributed by atoms with Gasteiger partial charge in [0.25, 0.3) is 0 Å². The summed E-state index contributed by atoms with van der Waals surface area (Å²) in [6, 6.07) is 7.44. The molecule has 0 unspecified atom stereocenters. The average molecular weight is 334 g/mol. The fraction of sp³-hybridized carbons (Fsp3) is 0.471. The first-order chi connectivity index (χ1) is 10.7. The lowest BCUT2D eigenvalue weighted by molar-refractivity contribution is -0.136. The van der Waals surface area contributed by atoms with Gasteiger partial charge >= 0.3 is 13.1 Å². The smallest absolute Gasteiger partial charge is 0.481 e. The molecule has 0 atom stereocenters. The summed E-state index contributed by atoms with van der Waals surface area (Å²) >= 11 is 4.39. The summed E-state index contributed by atoms with van der Waals surface area (Å²) in [5.74, 6) is -0.382. The molecule has 1 aliphatic heterocycles. The Labute approximate surface area is 143 Å². The van der Waals surface area contributed by atoms with Gasteiger partial charge in [0.05, 0.1) is 17.6 Å². The Bertz CT molecular complexity index is 609. The number of thiol groups is 1. The van der Waals surface area contributed by atoms with E-state index in [4.69, 9.17) is 14.4 Å². The van der Waals surface area contributed by atoms with Gasteiger partial charge in [-0.1, -0.05) is 30.3 Å². The molecule has 0 aliphatic carbocycles. The van der Waals surface area contributed by atoms with Crippen LogP contribution in [-0.4, -0.2) is 35.1 Å². The van der Waals surface area contributed by atoms with Crippen LogP contribution >= 0.6 is 12.6 Å². The van der Waals surface area contributed by atoms with Gasteiger partial charge in [0.15, 0.2) is 0 Å². The molecule has 0 radical (unpaired) electrons. The first-order valence-corrected chi connectivity index (χ1v) is 8.26. The van der Waals surface area contributed by atoms with Gasteiger partial charge in [0.2, 0.25) is 0 Å². The third-order valence-electron chi connectivity index (χ3n) is 4.48. The molecule has 1 fully saturated rings. The van der Waals surface area contributed by atoms with Gasteiger partial charge in [-0.25, -0.2) is 0 Å². The van der Waals surface area contributed by atoms with Gasteiger partial charge < -0.3 is 14.4 Å². The largest absolute Gasteiger partial charge is 0.491 e. The highest BCUT2D eigenvalue weighted by Gasteiger charge is 2.52. The molecule has 1 N–H and O–H groups in total. The van der Waals surface area contributed by atoms with E-state index in [-0.39, 0.29) is 6.42 Å². The first-order valence-electron chi connectivity index (χ1n) is 7.63. The summed E-state index contributed by atoms with van der Waals surface area (Å²) in [6.07, 6.45) is 1.91. The lowest BCUT2D eigenvalue weighted by Gasteiger charge is -2.32. The summed E-state index contributed by atoms with van der Waals surface area (Å²) in [5, 5.41) is 9.05. The summed E-state index contributed by atoms with van der Waals surface area (Å²) in [5.41, 5.74) is 1.66. The van der Waals surface area contributed by atoms with E-state index in [0.29, 0.717) is 5.75 Å². The summed E-state index contributed by atoms with van der Waals surface area (Å²) < 4.78 is 12.1. The fourth-order valence-corrected chi connectivity index (χ4v) is 2.62. The summed E-state index contributed by atoms with van der Waals surface area (Å²) in [6.45, 7) is 8.01. The van der Waals surface area contributed by atoms with Crippen molar-refractivity contribution in [1.82, 2.24) is 0 Å². The minimum atomic E-state index is -0.853. The maximum absolute atomic E-state index is 11.0. The Morgan fingerprint density at radius 2 is 1.78 bits per heavy atom. The number of aliphatic carboxylic acids is 1. The van der Waals surface area contributed by atoms with Crippen molar-refractivity contribution in [3.63, 3.8) is 0 Å². The Morgan fingerprint density at radius 1 is 1.22 bits per heavy atom. The van der Waals surface area contributed by atoms with Crippen molar-refractivity contribution in [3.05, 3.63) is 40.9 Å². The minimum Gasteiger partial charge on any atom is -0.481 e. The van der Waals surface area contributed by atoms with Crippen molar-refractivity contribution in [2.45, 2.75) is 45.3 Å². The first kappa shape index (κ1) is 18.1. The highest BCUT2D eigenvalue weighted by Crippen LogP contribution is 2.39. The zero-order valence-corrected chi connectivity index (χ0v) is 14.9. The molecule has 23 heavy (non-hydrogen) atoms. The van der Waals surface area contributed by atoms with Gasteiger partial charge in [-0.2, -0.15) is 12.6 Å². The van der Waals surface area contributed by atoms with Crippen LogP contribution in [0.3, 0.4) is 0 Å². The van der Waals surface area contributed by atoms with Crippen LogP contribution in [0, 0.1) is 0 Å². The standard InChI is InChI=1S/C17H23BO4S/c1-16(2)17(3,4)22-18(21-16)14(11-23)9-12-7-5-6-8-13(12)10-15(19)20/h5-9,23H,10-11H2,1-4H3,(H,19,20). The van der Waals surface area contributed by atoms with Crippen LogP contribution in [0.15, 0.2) is 29.7 Å². The summed E-state index contributed by atoms with van der Waals surface area (Å²) in [7, 11) is -0.476. The normalized spacial score (nSPS) is 19.9. The minimum absolute atomic E-state index is 0.0180. The van der Waals surface area contributed by atoms with Crippen LogP contribution in [0.1, 0.15) is 38.8 Å². The fourth-order valence-electron chi connectivity index (χ4n) is 2.38. The predicted octanol–water partition coefficient (Wildman–Crippen LogP) is 3.26. The van der Waals surface area contributed by atoms with E-state index in [2.05, 4.69) is 12.6 Å². The monoisotopic (exact) mass is 334 g/mol. The maximum atomic E-state index is 11.0. The molecule has 0 saturated carbocycles. The molecule has 1 aromatic rings. The quantitative estimate of drug-likeness (QED) is 0.641. The number of carboxylic acid groups (broad SMARTS) is 1. The second kappa shape index (κ2) is 6.71. The second-order valence-electron chi connectivity index (χ2n) is 6.73. The molecule has 6 heteroatoms. The lowest BCUT2D eigenvalue weighted by Crippen LogP contribution is -2.41. The Balaban J connectivity index is 2.32. The highest BCUT2D eigenvalue weighted by atomic mass is 32.1. The molecule has 0 spiro atoms. The van der Waals surface area contributed by atoms with Crippen LogP contribution in [0.4, 0.5) is 0 Å². The third-order valence-corrected chi connectivity index (χ3v) is 4.84. The number of rotatable bonds is 5. The maximum Gasteiger partial charge on any atom is 0.491 e. The van der Waals surface area contributed by atoms with Crippen LogP contribution in [0.5, 0.6) is 0 Å². The molecule has 0 amide bonds. The van der Waals surface area contributed by atoms with E-state index in [1.807, 2.05) is 58.0 Å². The number of carboxylic acids is 1. The van der Waals surface area contributed by atoms with Crippen LogP contribution in [0.2, 0.25) is 0 Å². The van der Waals surface area contributed by atoms with Gasteiger partial charge in [-0.3, -0.25) is 4.79 Å². The molecule has 0 aromatic heterocycles. The Hall–Kier alpha value is -1.24. The van der Waals surface area contributed by atoms with E-state index in [9.17, 15) is 4.79 Å². The van der Waals surface area contributed by atoms with Crippen molar-refractivity contribution in [2.75, 3.05) is 5.75 Å². The SMILES string of the molecule is CC1(C)OB(C(=Cc2ccccc2CC(=O)O)CS)OC1(C)C. The number of carbonyl (C=O) groups is 1. The van der Waals surface area contributed by atoms with Crippen molar-refractivity contribution < 1.29 is 19.2 Å². The van der Waals surface area contributed by atoms with Crippen molar-refractivity contribution in [3.8, 4) is 0 Å². The second-order valence-corrected chi connectivity index (χ2v) is 7.05. The van der Waals surface area contributed by atoms with E-state index >= 15 is 0 Å². The van der Waals surface area contributed by atoms with Crippen molar-refractivity contribution in [2.24, 2.45) is 0 Å². The average Bonchev–Trinajstić information content (AvgIpc) is 2.65. The Kier molecular flexibility index (Phi) is 5.28. The predicted molar refractivity (Wildman–Crippen MR) is 95.7 cm³/mol. The zero-order valence-electron chi connectivity index (χ0n) is 14.0. The highest BCUT2D eigenvalue weighted by molar-refractivity contribution is 7.80. The molecule has 2 rings (SSSR count). The molecule has 1 heterocycles. The number of hydrogen-bond acceptors (Lipinski definition) is 4. The Morgan fingerprint density at radius 3 is 2.30 bits per heavy atom. The molecule has 4 nitrogen and oxygen atoms in total. The molecular weight excluding hydrogens is 311 g/mol. The van der Waals surface area contributed by atoms with E-state index in [1.54, 1.807) is 0 Å². The summed E-state index contributed by atoms with van der Waals surface area (Å²) in [4.78, 5) is 11.0. The van der Waals surface area contributed by atoms with Gasteiger partial charge in [-0.15, -0.1) is 0 Å². The molecule has 1 aliphatic rings. The zero-order chi connectivity index (χ0) is 17.3. The molecular formula is C17H23BO4S. The van der Waals surface area contributed by atoms with Crippen LogP contribution in [0.25, 0.3) is 6.08 Å². The number of benzene rings is 1. The van der Waals surface area contributed by atoms with Gasteiger partial charge in [0, 0.05) is 5.75 Å². The molecule has 124 valence electrons. The van der Waals surface area contributed by atoms with Crippen molar-refractivity contribution in [1.29, 1.82) is 0 Å². The lowest BCUT2D eigenvalue weighted by atomic mass is 9.78. The van der Waals surface area contributed by atoms with Crippen LogP contribution in [-0.2, 0) is 20.5 Å². The third kappa shape index (κ3) is 4.00. The van der Waals surface area contributed by atoms with Gasteiger partial charge in [0.1, 0.15) is 0 Å². The van der Waals surface area contributed by atoms with E-state index in [1.165, 1.54) is 0 Å². The van der Waals surface area contributed by atoms with Crippen LogP contribution < -0.4 is 0 Å². The van der Waals surface area contributed by atoms with E-state index < -0.39 is 24.3 Å².